The summed E-state index contributed by atoms with van der Waals surface area (Å²) in [5.74, 6) is 0.852. The monoisotopic (exact) mass is 191 g/mol. The molecule has 0 amide bonds. The van der Waals surface area contributed by atoms with Gasteiger partial charge in [0, 0.05) is 4.83 Å². The molecule has 0 rings (SSSR count). The molecule has 1 radical (unpaired) electrons. The Hall–Kier alpha value is 0.480. The highest BCUT2D eigenvalue weighted by Gasteiger charge is 2.00. The maximum atomic E-state index is 3.48. The van der Waals surface area contributed by atoms with E-state index in [1.165, 1.54) is 12.8 Å². The fourth-order valence-corrected chi connectivity index (χ4v) is 0.802. The molecule has 0 heterocycles. The predicted molar refractivity (Wildman–Crippen MR) is 46.8 cm³/mol. The van der Waals surface area contributed by atoms with Crippen molar-refractivity contribution in [1.29, 1.82) is 0 Å². The van der Waals surface area contributed by atoms with E-state index in [-0.39, 0.29) is 0 Å². The maximum absolute atomic E-state index is 3.48. The van der Waals surface area contributed by atoms with Crippen LogP contribution in [0.4, 0.5) is 0 Å². The van der Waals surface area contributed by atoms with Crippen molar-refractivity contribution in [3.05, 3.63) is 6.42 Å². The molecule has 1 heteroatoms. The first-order valence-electron chi connectivity index (χ1n) is 3.64. The lowest BCUT2D eigenvalue weighted by Crippen LogP contribution is -1.97. The van der Waals surface area contributed by atoms with Crippen LogP contribution in [0.15, 0.2) is 0 Å². The average Bonchev–Trinajstić information content (AvgIpc) is 1.83. The largest absolute Gasteiger partial charge is 0.0891 e. The molecular formula is C8H16Br. The molecule has 0 N–H and O–H groups in total. The highest BCUT2D eigenvalue weighted by Crippen LogP contribution is 2.13. The van der Waals surface area contributed by atoms with Crippen molar-refractivity contribution in [2.45, 2.75) is 38.4 Å². The molecule has 0 saturated heterocycles. The summed E-state index contributed by atoms with van der Waals surface area (Å²) >= 11 is 3.48. The second kappa shape index (κ2) is 5.28. The van der Waals surface area contributed by atoms with E-state index in [4.69, 9.17) is 0 Å². The quantitative estimate of drug-likeness (QED) is 0.598. The van der Waals surface area contributed by atoms with Crippen LogP contribution in [0, 0.1) is 12.3 Å². The highest BCUT2D eigenvalue weighted by atomic mass is 79.9. The molecule has 0 aromatic rings. The lowest BCUT2D eigenvalue weighted by Gasteiger charge is -2.07. The predicted octanol–water partition coefficient (Wildman–Crippen LogP) is 3.41. The van der Waals surface area contributed by atoms with Crippen LogP contribution in [0.25, 0.3) is 0 Å². The van der Waals surface area contributed by atoms with Crippen LogP contribution in [0.2, 0.25) is 0 Å². The van der Waals surface area contributed by atoms with E-state index >= 15 is 0 Å². The molecular weight excluding hydrogens is 176 g/mol. The molecule has 9 heavy (non-hydrogen) atoms. The fraction of sp³-hybridized carbons (Fsp3) is 0.875. The van der Waals surface area contributed by atoms with Gasteiger partial charge in [0.15, 0.2) is 0 Å². The van der Waals surface area contributed by atoms with Gasteiger partial charge < -0.3 is 0 Å². The maximum Gasteiger partial charge on any atom is 0.0148 e. The average molecular weight is 192 g/mol. The van der Waals surface area contributed by atoms with Crippen molar-refractivity contribution in [1.82, 2.24) is 0 Å². The zero-order valence-corrected chi connectivity index (χ0v) is 8.11. The van der Waals surface area contributed by atoms with E-state index in [1.807, 2.05) is 0 Å². The number of halogens is 1. The molecule has 0 aliphatic heterocycles. The minimum atomic E-state index is 0.575. The Bertz CT molecular complexity index is 59.6. The lowest BCUT2D eigenvalue weighted by molar-refractivity contribution is 0.549. The van der Waals surface area contributed by atoms with Gasteiger partial charge in [0.2, 0.25) is 0 Å². The van der Waals surface area contributed by atoms with Crippen molar-refractivity contribution in [2.75, 3.05) is 0 Å². The SMILES string of the molecule is CCC(C)C[CH]C(C)Br. The normalized spacial score (nSPS) is 17.3. The van der Waals surface area contributed by atoms with E-state index in [0.717, 1.165) is 5.92 Å². The number of rotatable bonds is 4. The summed E-state index contributed by atoms with van der Waals surface area (Å²) in [4.78, 5) is 0.575. The summed E-state index contributed by atoms with van der Waals surface area (Å²) in [5.41, 5.74) is 0. The molecule has 55 valence electrons. The molecule has 0 aromatic heterocycles. The van der Waals surface area contributed by atoms with Crippen molar-refractivity contribution in [3.63, 3.8) is 0 Å². The topological polar surface area (TPSA) is 0 Å². The third kappa shape index (κ3) is 6.36. The summed E-state index contributed by atoms with van der Waals surface area (Å²) in [6, 6.07) is 0. The molecule has 0 bridgehead atoms. The van der Waals surface area contributed by atoms with E-state index in [9.17, 15) is 0 Å². The Morgan fingerprint density at radius 3 is 2.33 bits per heavy atom. The van der Waals surface area contributed by atoms with Gasteiger partial charge in [0.05, 0.1) is 0 Å². The number of hydrogen-bond donors (Lipinski definition) is 0. The molecule has 0 aliphatic carbocycles. The molecule has 0 spiro atoms. The smallest absolute Gasteiger partial charge is 0.0148 e. The van der Waals surface area contributed by atoms with Gasteiger partial charge in [-0.2, -0.15) is 0 Å². The van der Waals surface area contributed by atoms with E-state index in [2.05, 4.69) is 43.1 Å². The zero-order chi connectivity index (χ0) is 7.28. The molecule has 0 aromatic carbocycles. The summed E-state index contributed by atoms with van der Waals surface area (Å²) in [7, 11) is 0. The molecule has 0 fully saturated rings. The van der Waals surface area contributed by atoms with Crippen LogP contribution in [-0.4, -0.2) is 4.83 Å². The Labute approximate surface area is 67.2 Å². The fourth-order valence-electron chi connectivity index (χ4n) is 0.586. The Morgan fingerprint density at radius 1 is 1.44 bits per heavy atom. The van der Waals surface area contributed by atoms with E-state index < -0.39 is 0 Å². The zero-order valence-electron chi connectivity index (χ0n) is 6.52. The van der Waals surface area contributed by atoms with Crippen LogP contribution < -0.4 is 0 Å². The summed E-state index contributed by atoms with van der Waals surface area (Å²) in [6.07, 6.45) is 4.84. The van der Waals surface area contributed by atoms with Gasteiger partial charge >= 0.3 is 0 Å². The highest BCUT2D eigenvalue weighted by molar-refractivity contribution is 9.09. The van der Waals surface area contributed by atoms with Crippen LogP contribution in [-0.2, 0) is 0 Å². The number of alkyl halides is 1. The first-order chi connectivity index (χ1) is 4.16. The Kier molecular flexibility index (Phi) is 5.56. The summed E-state index contributed by atoms with van der Waals surface area (Å²) in [5, 5.41) is 0. The summed E-state index contributed by atoms with van der Waals surface area (Å²) < 4.78 is 0. The van der Waals surface area contributed by atoms with Crippen LogP contribution in [0.1, 0.15) is 33.6 Å². The van der Waals surface area contributed by atoms with Crippen molar-refractivity contribution < 1.29 is 0 Å². The van der Waals surface area contributed by atoms with Crippen molar-refractivity contribution in [3.8, 4) is 0 Å². The molecule has 2 unspecified atom stereocenters. The second-order valence-corrected chi connectivity index (χ2v) is 4.11. The minimum absolute atomic E-state index is 0.575. The van der Waals surface area contributed by atoms with Crippen LogP contribution in [0.3, 0.4) is 0 Å². The van der Waals surface area contributed by atoms with Gasteiger partial charge in [-0.15, -0.1) is 0 Å². The third-order valence-corrected chi connectivity index (χ3v) is 1.93. The molecule has 2 atom stereocenters. The second-order valence-electron chi connectivity index (χ2n) is 2.66. The van der Waals surface area contributed by atoms with Crippen LogP contribution >= 0.6 is 15.9 Å². The summed E-state index contributed by atoms with van der Waals surface area (Å²) in [6.45, 7) is 6.67. The van der Waals surface area contributed by atoms with Gasteiger partial charge in [0.1, 0.15) is 0 Å². The first-order valence-corrected chi connectivity index (χ1v) is 4.55. The third-order valence-electron chi connectivity index (χ3n) is 1.56. The lowest BCUT2D eigenvalue weighted by atomic mass is 10.0. The Balaban J connectivity index is 3.06. The minimum Gasteiger partial charge on any atom is -0.0891 e. The van der Waals surface area contributed by atoms with Crippen molar-refractivity contribution in [2.24, 2.45) is 5.92 Å². The molecule has 0 aliphatic rings. The van der Waals surface area contributed by atoms with E-state index in [1.54, 1.807) is 0 Å². The van der Waals surface area contributed by atoms with Crippen molar-refractivity contribution >= 4 is 15.9 Å². The van der Waals surface area contributed by atoms with Crippen LogP contribution in [0.5, 0.6) is 0 Å². The Morgan fingerprint density at radius 2 is 2.00 bits per heavy atom. The van der Waals surface area contributed by atoms with Gasteiger partial charge in [-0.25, -0.2) is 0 Å². The molecule has 0 nitrogen and oxygen atoms in total. The standard InChI is InChI=1S/C8H16Br/c1-4-7(2)5-6-8(3)9/h6-8H,4-5H2,1-3H3. The van der Waals surface area contributed by atoms with Gasteiger partial charge in [-0.1, -0.05) is 43.1 Å². The van der Waals surface area contributed by atoms with E-state index in [0.29, 0.717) is 4.83 Å². The van der Waals surface area contributed by atoms with Gasteiger partial charge in [0.25, 0.3) is 0 Å². The van der Waals surface area contributed by atoms with Gasteiger partial charge in [-0.05, 0) is 18.8 Å². The number of hydrogen-bond acceptors (Lipinski definition) is 0. The molecule has 0 saturated carbocycles. The first kappa shape index (κ1) is 9.48. The van der Waals surface area contributed by atoms with Gasteiger partial charge in [-0.3, -0.25) is 0 Å².